The first kappa shape index (κ1) is 36.3. The maximum absolute atomic E-state index is 14.0. The fourth-order valence-electron chi connectivity index (χ4n) is 5.37. The maximum Gasteiger partial charge on any atom is 0.419 e. The van der Waals surface area contributed by atoms with Gasteiger partial charge in [-0.15, -0.1) is 0 Å². The number of esters is 1. The maximum atomic E-state index is 14.0. The Morgan fingerprint density at radius 3 is 2.53 bits per heavy atom. The van der Waals surface area contributed by atoms with Gasteiger partial charge in [-0.2, -0.15) is 0 Å². The number of benzene rings is 1. The van der Waals surface area contributed by atoms with Gasteiger partial charge in [0, 0.05) is 29.5 Å². The first-order valence-electron chi connectivity index (χ1n) is 15.7. The number of nitrogens with one attached hydrogen (secondary N) is 3. The Hall–Kier alpha value is -3.49. The zero-order valence-corrected chi connectivity index (χ0v) is 28.9. The molecule has 12 nitrogen and oxygen atoms in total. The molecule has 0 spiro atoms. The lowest BCUT2D eigenvalue weighted by Crippen LogP contribution is -2.58. The summed E-state index contributed by atoms with van der Waals surface area (Å²) in [4.78, 5) is 67.1. The molecule has 5 atom stereocenters. The topological polar surface area (TPSA) is 165 Å². The van der Waals surface area contributed by atoms with Crippen LogP contribution in [0.5, 0.6) is 0 Å². The zero-order chi connectivity index (χ0) is 34.3. The fourth-order valence-corrected chi connectivity index (χ4v) is 7.53. The Kier molecular flexibility index (Phi) is 12.4. The number of hydrogen-bond acceptors (Lipinski definition) is 10. The van der Waals surface area contributed by atoms with Crippen molar-refractivity contribution in [3.8, 4) is 0 Å². The van der Waals surface area contributed by atoms with Crippen molar-refractivity contribution >= 4 is 62.3 Å². The van der Waals surface area contributed by atoms with E-state index in [1.54, 1.807) is 45.2 Å². The van der Waals surface area contributed by atoms with E-state index in [2.05, 4.69) is 16.0 Å². The second kappa shape index (κ2) is 16.1. The molecule has 47 heavy (non-hydrogen) atoms. The van der Waals surface area contributed by atoms with Crippen LogP contribution in [0.3, 0.4) is 0 Å². The quantitative estimate of drug-likeness (QED) is 0.213. The monoisotopic (exact) mass is 688 g/mol. The average molecular weight is 689 g/mol. The first-order chi connectivity index (χ1) is 22.2. The summed E-state index contributed by atoms with van der Waals surface area (Å²) < 4.78 is 12.6. The number of ether oxygens (including phenoxy) is 2. The normalized spacial score (nSPS) is 26.2. The Morgan fingerprint density at radius 2 is 1.81 bits per heavy atom. The summed E-state index contributed by atoms with van der Waals surface area (Å²) >= 11 is 0. The van der Waals surface area contributed by atoms with E-state index in [0.29, 0.717) is 28.6 Å². The first-order valence-corrected chi connectivity index (χ1v) is 18.2. The number of para-hydroxylation sites is 1. The molecule has 4 N–H and O–H groups in total. The molecule has 1 aromatic carbocycles. The zero-order valence-electron chi connectivity index (χ0n) is 27.3. The molecule has 4 rings (SSSR count). The van der Waals surface area contributed by atoms with Gasteiger partial charge in [-0.25, -0.2) is 4.79 Å². The highest BCUT2D eigenvalue weighted by Gasteiger charge is 2.34. The van der Waals surface area contributed by atoms with E-state index >= 15 is 0 Å². The van der Waals surface area contributed by atoms with Gasteiger partial charge in [0.1, 0.15) is 23.8 Å². The summed E-state index contributed by atoms with van der Waals surface area (Å²) in [5.41, 5.74) is 0.423. The molecule has 1 fully saturated rings. The van der Waals surface area contributed by atoms with Crippen molar-refractivity contribution in [2.75, 3.05) is 11.5 Å². The highest BCUT2D eigenvalue weighted by molar-refractivity contribution is 8.76. The molecule has 2 aliphatic rings. The largest absolute Gasteiger partial charge is 0.457 e. The van der Waals surface area contributed by atoms with Crippen molar-refractivity contribution < 1.29 is 38.6 Å². The molecule has 256 valence electrons. The third-order valence-corrected chi connectivity index (χ3v) is 10.1. The minimum atomic E-state index is -1.25. The van der Waals surface area contributed by atoms with Crippen LogP contribution in [0.4, 0.5) is 4.79 Å². The predicted octanol–water partition coefficient (Wildman–Crippen LogP) is 3.49. The van der Waals surface area contributed by atoms with Crippen LogP contribution in [0, 0.1) is 5.92 Å². The van der Waals surface area contributed by atoms with Crippen LogP contribution in [0.1, 0.15) is 59.4 Å². The van der Waals surface area contributed by atoms with Crippen molar-refractivity contribution in [3.05, 3.63) is 48.2 Å². The minimum absolute atomic E-state index is 0.0161. The van der Waals surface area contributed by atoms with Crippen LogP contribution in [0.25, 0.3) is 10.9 Å². The number of aromatic nitrogens is 1. The Labute approximate surface area is 282 Å². The standard InChI is InChI=1S/C33H44N4O8S2/c1-19(2)29-26(38)16-28(40)44-21-10-8-9-13-46-47-18-24(31(42)36-29)35-30(41)23(34-27(39)15-21)14-20-17-37(32(43)45-33(3,4)5)25-12-7-6-11-22(20)25/h6-8,10-12,17,19,21,23-24,26,29,38H,9,13-16,18H2,1-5H3,(H,34,39)(H,35,41)(H,36,42)/b10-8-/t21-,23-,24-,26+,29-/m1/s1. The second-order valence-electron chi connectivity index (χ2n) is 13.0. The summed E-state index contributed by atoms with van der Waals surface area (Å²) in [6.07, 6.45) is 2.23. The summed E-state index contributed by atoms with van der Waals surface area (Å²) in [6, 6.07) is 4.20. The second-order valence-corrected chi connectivity index (χ2v) is 15.6. The molecule has 1 saturated heterocycles. The van der Waals surface area contributed by atoms with Crippen LogP contribution < -0.4 is 16.0 Å². The van der Waals surface area contributed by atoms with Gasteiger partial charge in [0.25, 0.3) is 0 Å². The number of rotatable bonds is 3. The van der Waals surface area contributed by atoms with Gasteiger partial charge in [0.15, 0.2) is 0 Å². The van der Waals surface area contributed by atoms with E-state index in [-0.39, 0.29) is 30.9 Å². The summed E-state index contributed by atoms with van der Waals surface area (Å²) in [6.45, 7) is 8.91. The van der Waals surface area contributed by atoms with Crippen LogP contribution in [0.15, 0.2) is 42.6 Å². The van der Waals surface area contributed by atoms with Crippen LogP contribution >= 0.6 is 21.6 Å². The summed E-state index contributed by atoms with van der Waals surface area (Å²) in [5.74, 6) is -1.74. The average Bonchev–Trinajstić information content (AvgIpc) is 3.34. The number of hydrogen-bond donors (Lipinski definition) is 4. The number of fused-ring (bicyclic) bond motifs is 8. The molecule has 2 aliphatic heterocycles. The van der Waals surface area contributed by atoms with E-state index in [4.69, 9.17) is 9.47 Å². The molecule has 1 aromatic heterocycles. The van der Waals surface area contributed by atoms with Gasteiger partial charge in [0.2, 0.25) is 17.7 Å². The Balaban J connectivity index is 1.74. The van der Waals surface area contributed by atoms with Crippen molar-refractivity contribution in [2.24, 2.45) is 5.92 Å². The van der Waals surface area contributed by atoms with Gasteiger partial charge in [-0.1, -0.05) is 59.7 Å². The lowest BCUT2D eigenvalue weighted by Gasteiger charge is -2.29. The van der Waals surface area contributed by atoms with Crippen LogP contribution in [-0.2, 0) is 35.1 Å². The smallest absolute Gasteiger partial charge is 0.419 e. The number of allylic oxidation sites excluding steroid dienone is 1. The molecule has 0 unspecified atom stereocenters. The third-order valence-electron chi connectivity index (χ3n) is 7.62. The number of carbonyl (C=O) groups excluding carboxylic acids is 5. The van der Waals surface area contributed by atoms with Gasteiger partial charge in [0.05, 0.1) is 30.5 Å². The number of aliphatic hydroxyl groups excluding tert-OH is 1. The Morgan fingerprint density at radius 1 is 1.06 bits per heavy atom. The summed E-state index contributed by atoms with van der Waals surface area (Å²) in [7, 11) is 2.95. The fraction of sp³-hybridized carbons (Fsp3) is 0.545. The number of aliphatic hydroxyl groups is 1. The van der Waals surface area contributed by atoms with Crippen molar-refractivity contribution in [2.45, 2.75) is 96.2 Å². The summed E-state index contributed by atoms with van der Waals surface area (Å²) in [5, 5.41) is 20.1. The highest BCUT2D eigenvalue weighted by Crippen LogP contribution is 2.26. The van der Waals surface area contributed by atoms with E-state index in [1.165, 1.54) is 26.2 Å². The molecule has 0 radical (unpaired) electrons. The molecule has 2 aromatic rings. The van der Waals surface area contributed by atoms with Gasteiger partial charge < -0.3 is 30.5 Å². The lowest BCUT2D eigenvalue weighted by atomic mass is 9.96. The minimum Gasteiger partial charge on any atom is -0.457 e. The third kappa shape index (κ3) is 10.2. The number of carbonyl (C=O) groups is 5. The van der Waals surface area contributed by atoms with Crippen molar-refractivity contribution in [3.63, 3.8) is 0 Å². The Bertz CT molecular complexity index is 1500. The number of amides is 3. The van der Waals surface area contributed by atoms with E-state index in [0.717, 1.165) is 0 Å². The molecule has 3 heterocycles. The number of nitrogens with zero attached hydrogens (tertiary/aromatic N) is 1. The van der Waals surface area contributed by atoms with Crippen molar-refractivity contribution in [1.29, 1.82) is 0 Å². The molecule has 0 saturated carbocycles. The highest BCUT2D eigenvalue weighted by atomic mass is 33.1. The molecule has 2 bridgehead atoms. The SMILES string of the molecule is CC(C)[C@H]1NC(=O)[C@H]2CSSCC/C=C\[C@H](CC(=O)N[C@H](Cc3cn(C(=O)OC(C)(C)C)c4ccccc34)C(=O)N2)OC(=O)C[C@@H]1O. The molecule has 14 heteroatoms. The van der Waals surface area contributed by atoms with Gasteiger partial charge in [-0.3, -0.25) is 23.7 Å². The van der Waals surface area contributed by atoms with Gasteiger partial charge in [-0.05, 0) is 50.8 Å². The van der Waals surface area contributed by atoms with E-state index in [1.807, 2.05) is 32.1 Å². The predicted molar refractivity (Wildman–Crippen MR) is 182 cm³/mol. The molecular weight excluding hydrogens is 645 g/mol. The van der Waals surface area contributed by atoms with Gasteiger partial charge >= 0.3 is 12.1 Å². The van der Waals surface area contributed by atoms with E-state index in [9.17, 15) is 29.1 Å². The molecular formula is C33H44N4O8S2. The van der Waals surface area contributed by atoms with Crippen LogP contribution in [0.2, 0.25) is 0 Å². The van der Waals surface area contributed by atoms with E-state index < -0.39 is 65.7 Å². The molecule has 3 amide bonds. The van der Waals surface area contributed by atoms with Crippen LogP contribution in [-0.4, -0.2) is 86.9 Å². The molecule has 0 aliphatic carbocycles. The lowest BCUT2D eigenvalue weighted by molar-refractivity contribution is -0.151. The van der Waals surface area contributed by atoms with Crippen molar-refractivity contribution in [1.82, 2.24) is 20.5 Å².